The molecule has 5 nitrogen and oxygen atoms in total. The van der Waals surface area contributed by atoms with E-state index in [-0.39, 0.29) is 12.4 Å². The van der Waals surface area contributed by atoms with Gasteiger partial charge in [0.15, 0.2) is 6.61 Å². The molecular weight excluding hydrogens is 545 g/mol. The fourth-order valence-electron chi connectivity index (χ4n) is 1.60. The monoisotopic (exact) mass is 556 g/mol. The summed E-state index contributed by atoms with van der Waals surface area (Å²) in [6.07, 6.45) is 1.38. The lowest BCUT2D eigenvalue weighted by Gasteiger charge is -2.06. The summed E-state index contributed by atoms with van der Waals surface area (Å²) in [4.78, 5) is 11.7. The van der Waals surface area contributed by atoms with Crippen molar-refractivity contribution in [3.63, 3.8) is 0 Å². The average Bonchev–Trinajstić information content (AvgIpc) is 2.51. The van der Waals surface area contributed by atoms with Crippen LogP contribution in [0.5, 0.6) is 11.5 Å². The Morgan fingerprint density at radius 1 is 1.35 bits per heavy atom. The Labute approximate surface area is 165 Å². The summed E-state index contributed by atoms with van der Waals surface area (Å²) in [5.74, 6) is 0.121. The number of nitrogens with zero attached hydrogens (tertiary/aromatic N) is 1. The molecule has 1 amide bonds. The molecule has 0 aliphatic heterocycles. The van der Waals surface area contributed by atoms with Crippen LogP contribution < -0.4 is 10.2 Å². The van der Waals surface area contributed by atoms with Crippen molar-refractivity contribution in [3.8, 4) is 11.5 Å². The zero-order valence-corrected chi connectivity index (χ0v) is 16.7. The van der Waals surface area contributed by atoms with E-state index in [9.17, 15) is 9.90 Å². The fraction of sp³-hybridized carbons (Fsp3) is 0.0667. The van der Waals surface area contributed by atoms with Crippen molar-refractivity contribution >= 4 is 68.9 Å². The van der Waals surface area contributed by atoms with Crippen LogP contribution in [0.25, 0.3) is 0 Å². The Bertz CT molecular complexity index is 753. The van der Waals surface area contributed by atoms with Gasteiger partial charge in [0.25, 0.3) is 5.91 Å². The first-order chi connectivity index (χ1) is 11.0. The van der Waals surface area contributed by atoms with Crippen LogP contribution in [-0.4, -0.2) is 23.8 Å². The van der Waals surface area contributed by atoms with Gasteiger partial charge in [-0.05, 0) is 69.4 Å². The standard InChI is InChI=1S/C15H11ClI2N2O3/c16-11-3-1-2-4-13(11)23-8-14(21)20-19-7-9-5-10(17)6-12(18)15(9)22/h1-7,22H,8H2,(H,20,21)/b19-7+. The number of hydrogen-bond donors (Lipinski definition) is 2. The third kappa shape index (κ3) is 5.50. The van der Waals surface area contributed by atoms with Crippen LogP contribution in [-0.2, 0) is 4.79 Å². The number of hydrazone groups is 1. The number of para-hydroxylation sites is 1. The molecule has 0 saturated carbocycles. The van der Waals surface area contributed by atoms with E-state index < -0.39 is 5.91 Å². The van der Waals surface area contributed by atoms with Gasteiger partial charge < -0.3 is 9.84 Å². The number of benzene rings is 2. The summed E-state index contributed by atoms with van der Waals surface area (Å²) in [7, 11) is 0. The normalized spacial score (nSPS) is 10.7. The van der Waals surface area contributed by atoms with E-state index in [4.69, 9.17) is 16.3 Å². The maximum Gasteiger partial charge on any atom is 0.277 e. The Balaban J connectivity index is 1.91. The first kappa shape index (κ1) is 18.3. The third-order valence-corrected chi connectivity index (χ3v) is 4.40. The predicted molar refractivity (Wildman–Crippen MR) is 106 cm³/mol. The zero-order chi connectivity index (χ0) is 16.8. The fourth-order valence-corrected chi connectivity index (χ4v) is 3.68. The first-order valence-corrected chi connectivity index (χ1v) is 8.88. The number of amides is 1. The lowest BCUT2D eigenvalue weighted by atomic mass is 10.2. The van der Waals surface area contributed by atoms with E-state index >= 15 is 0 Å². The molecule has 0 aromatic heterocycles. The van der Waals surface area contributed by atoms with Crippen LogP contribution in [0.1, 0.15) is 5.56 Å². The Hall–Kier alpha value is -1.07. The predicted octanol–water partition coefficient (Wildman–Crippen LogP) is 3.78. The van der Waals surface area contributed by atoms with Gasteiger partial charge in [-0.2, -0.15) is 5.10 Å². The molecule has 8 heteroatoms. The van der Waals surface area contributed by atoms with E-state index in [1.54, 1.807) is 30.3 Å². The summed E-state index contributed by atoms with van der Waals surface area (Å²) in [6, 6.07) is 10.5. The Kier molecular flexibility index (Phi) is 6.90. The number of ether oxygens (including phenoxy) is 1. The molecular formula is C15H11ClI2N2O3. The summed E-state index contributed by atoms with van der Waals surface area (Å²) in [5, 5.41) is 14.2. The van der Waals surface area contributed by atoms with Crippen molar-refractivity contribution in [2.24, 2.45) is 5.10 Å². The third-order valence-electron chi connectivity index (χ3n) is 2.65. The van der Waals surface area contributed by atoms with Gasteiger partial charge >= 0.3 is 0 Å². The van der Waals surface area contributed by atoms with Crippen molar-refractivity contribution in [1.82, 2.24) is 5.43 Å². The lowest BCUT2D eigenvalue weighted by molar-refractivity contribution is -0.123. The molecule has 0 spiro atoms. The zero-order valence-electron chi connectivity index (χ0n) is 11.6. The van der Waals surface area contributed by atoms with Gasteiger partial charge in [-0.15, -0.1) is 0 Å². The number of rotatable bonds is 5. The molecule has 23 heavy (non-hydrogen) atoms. The number of nitrogens with one attached hydrogen (secondary N) is 1. The van der Waals surface area contributed by atoms with Gasteiger partial charge in [0.05, 0.1) is 14.8 Å². The van der Waals surface area contributed by atoms with Crippen LogP contribution in [0, 0.1) is 7.14 Å². The van der Waals surface area contributed by atoms with E-state index in [1.807, 2.05) is 28.7 Å². The summed E-state index contributed by atoms with van der Waals surface area (Å²) in [6.45, 7) is -0.211. The largest absolute Gasteiger partial charge is 0.506 e. The van der Waals surface area contributed by atoms with Gasteiger partial charge in [0, 0.05) is 9.13 Å². The molecule has 0 unspecified atom stereocenters. The first-order valence-electron chi connectivity index (χ1n) is 6.34. The maximum atomic E-state index is 11.7. The number of halogens is 3. The van der Waals surface area contributed by atoms with Crippen LogP contribution in [0.4, 0.5) is 0 Å². The average molecular weight is 557 g/mol. The van der Waals surface area contributed by atoms with Gasteiger partial charge in [-0.25, -0.2) is 5.43 Å². The maximum absolute atomic E-state index is 11.7. The highest BCUT2D eigenvalue weighted by atomic mass is 127. The van der Waals surface area contributed by atoms with E-state index in [2.05, 4.69) is 33.1 Å². The van der Waals surface area contributed by atoms with Gasteiger partial charge in [-0.1, -0.05) is 23.7 Å². The number of aromatic hydroxyl groups is 1. The molecule has 120 valence electrons. The molecule has 0 aliphatic carbocycles. The Morgan fingerprint density at radius 3 is 2.83 bits per heavy atom. The summed E-state index contributed by atoms with van der Waals surface area (Å²) < 4.78 is 6.96. The van der Waals surface area contributed by atoms with Crippen molar-refractivity contribution in [2.45, 2.75) is 0 Å². The number of carbonyl (C=O) groups is 1. The molecule has 2 rings (SSSR count). The number of phenolic OH excluding ortho intramolecular Hbond substituents is 1. The molecule has 0 aliphatic rings. The molecule has 0 saturated heterocycles. The highest BCUT2D eigenvalue weighted by molar-refractivity contribution is 14.1. The lowest BCUT2D eigenvalue weighted by Crippen LogP contribution is -2.24. The number of phenols is 1. The molecule has 2 aromatic rings. The minimum atomic E-state index is -0.430. The van der Waals surface area contributed by atoms with E-state index in [1.165, 1.54) is 6.21 Å². The molecule has 0 bridgehead atoms. The molecule has 0 fully saturated rings. The second-order valence-corrected chi connectivity index (χ2v) is 7.15. The van der Waals surface area contributed by atoms with E-state index in [0.29, 0.717) is 19.9 Å². The van der Waals surface area contributed by atoms with Gasteiger partial charge in [0.1, 0.15) is 11.5 Å². The van der Waals surface area contributed by atoms with Crippen molar-refractivity contribution in [1.29, 1.82) is 0 Å². The molecule has 0 heterocycles. The van der Waals surface area contributed by atoms with Crippen molar-refractivity contribution in [3.05, 3.63) is 54.1 Å². The van der Waals surface area contributed by atoms with E-state index in [0.717, 1.165) is 3.57 Å². The number of carbonyl (C=O) groups excluding carboxylic acids is 1. The molecule has 0 atom stereocenters. The van der Waals surface area contributed by atoms with Crippen molar-refractivity contribution < 1.29 is 14.6 Å². The highest BCUT2D eigenvalue weighted by Crippen LogP contribution is 2.25. The highest BCUT2D eigenvalue weighted by Gasteiger charge is 2.06. The van der Waals surface area contributed by atoms with Crippen LogP contribution in [0.15, 0.2) is 41.5 Å². The second kappa shape index (κ2) is 8.69. The smallest absolute Gasteiger partial charge is 0.277 e. The minimum Gasteiger partial charge on any atom is -0.506 e. The van der Waals surface area contributed by atoms with Gasteiger partial charge in [0.2, 0.25) is 0 Å². The van der Waals surface area contributed by atoms with Crippen LogP contribution in [0.3, 0.4) is 0 Å². The van der Waals surface area contributed by atoms with Crippen molar-refractivity contribution in [2.75, 3.05) is 6.61 Å². The summed E-state index contributed by atoms with van der Waals surface area (Å²) >= 11 is 10.1. The quantitative estimate of drug-likeness (QED) is 0.335. The van der Waals surface area contributed by atoms with Crippen LogP contribution in [0.2, 0.25) is 5.02 Å². The topological polar surface area (TPSA) is 70.9 Å². The van der Waals surface area contributed by atoms with Gasteiger partial charge in [-0.3, -0.25) is 4.79 Å². The number of hydrogen-bond acceptors (Lipinski definition) is 4. The second-order valence-electron chi connectivity index (χ2n) is 4.34. The SMILES string of the molecule is O=C(COc1ccccc1Cl)N/N=C/c1cc(I)cc(I)c1O. The molecule has 2 aromatic carbocycles. The Morgan fingerprint density at radius 2 is 2.09 bits per heavy atom. The summed E-state index contributed by atoms with van der Waals surface area (Å²) in [5.41, 5.74) is 2.86. The van der Waals surface area contributed by atoms with Crippen LogP contribution >= 0.6 is 56.8 Å². The molecule has 2 N–H and O–H groups in total. The molecule has 0 radical (unpaired) electrons. The minimum absolute atomic E-state index is 0.122.